The quantitative estimate of drug-likeness (QED) is 0.588. The van der Waals surface area contributed by atoms with E-state index in [0.717, 1.165) is 0 Å². The molecule has 0 unspecified atom stereocenters. The number of fused-ring (bicyclic) bond motifs is 1. The van der Waals surface area contributed by atoms with Crippen molar-refractivity contribution in [1.29, 1.82) is 0 Å². The van der Waals surface area contributed by atoms with E-state index >= 15 is 0 Å². The predicted octanol–water partition coefficient (Wildman–Crippen LogP) is 2.26. The maximum Gasteiger partial charge on any atom is 0.136 e. The van der Waals surface area contributed by atoms with Crippen LogP contribution in [0.25, 0.3) is 0 Å². The van der Waals surface area contributed by atoms with E-state index in [-0.39, 0.29) is 0 Å². The van der Waals surface area contributed by atoms with Gasteiger partial charge in [0.15, 0.2) is 0 Å². The Kier molecular flexibility index (Phi) is 1.28. The van der Waals surface area contributed by atoms with Gasteiger partial charge in [0.05, 0.1) is 11.4 Å². The molecule has 0 saturated carbocycles. The lowest BCUT2D eigenvalue weighted by molar-refractivity contribution is 1.39. The highest BCUT2D eigenvalue weighted by molar-refractivity contribution is 5.78. The second-order valence-electron chi connectivity index (χ2n) is 2.94. The molecule has 0 atom stereocenters. The van der Waals surface area contributed by atoms with Gasteiger partial charge in [0.2, 0.25) is 0 Å². The number of hydrogen-bond acceptors (Lipinski definition) is 2. The van der Waals surface area contributed by atoms with Crippen molar-refractivity contribution in [2.24, 2.45) is 0 Å². The fourth-order valence-electron chi connectivity index (χ4n) is 1.46. The fourth-order valence-corrected chi connectivity index (χ4v) is 1.46. The standard InChI is InChI=1S/C9H11N2/c1-6-3-7(2)9-8(4-6)10-5-11-9/h3-5,10-11H,1-2H3. The maximum atomic E-state index is 3.16. The van der Waals surface area contributed by atoms with Crippen molar-refractivity contribution in [3.63, 3.8) is 0 Å². The van der Waals surface area contributed by atoms with E-state index in [1.54, 1.807) is 0 Å². The zero-order chi connectivity index (χ0) is 7.84. The number of anilines is 2. The van der Waals surface area contributed by atoms with E-state index in [2.05, 4.69) is 36.6 Å². The number of hydrogen-bond donors (Lipinski definition) is 2. The van der Waals surface area contributed by atoms with E-state index in [1.165, 1.54) is 22.5 Å². The van der Waals surface area contributed by atoms with Crippen LogP contribution < -0.4 is 10.6 Å². The molecule has 0 amide bonds. The molecule has 1 aromatic rings. The van der Waals surface area contributed by atoms with Crippen LogP contribution in [0, 0.1) is 20.5 Å². The van der Waals surface area contributed by atoms with Crippen molar-refractivity contribution in [3.8, 4) is 0 Å². The second-order valence-corrected chi connectivity index (χ2v) is 2.94. The van der Waals surface area contributed by atoms with Gasteiger partial charge in [-0.1, -0.05) is 6.07 Å². The highest BCUT2D eigenvalue weighted by Crippen LogP contribution is 2.31. The van der Waals surface area contributed by atoms with Crippen LogP contribution in [0.4, 0.5) is 11.4 Å². The molecule has 0 aliphatic carbocycles. The predicted molar refractivity (Wildman–Crippen MR) is 47.5 cm³/mol. The van der Waals surface area contributed by atoms with Crippen molar-refractivity contribution in [3.05, 3.63) is 29.9 Å². The summed E-state index contributed by atoms with van der Waals surface area (Å²) in [5, 5.41) is 6.31. The third kappa shape index (κ3) is 0.946. The van der Waals surface area contributed by atoms with Crippen molar-refractivity contribution < 1.29 is 0 Å². The smallest absolute Gasteiger partial charge is 0.136 e. The Morgan fingerprint density at radius 2 is 1.91 bits per heavy atom. The molecular weight excluding hydrogens is 136 g/mol. The summed E-state index contributed by atoms with van der Waals surface area (Å²) in [4.78, 5) is 0. The third-order valence-corrected chi connectivity index (χ3v) is 1.92. The van der Waals surface area contributed by atoms with E-state index in [1.807, 2.05) is 6.67 Å². The summed E-state index contributed by atoms with van der Waals surface area (Å²) < 4.78 is 0. The molecule has 1 heterocycles. The van der Waals surface area contributed by atoms with E-state index in [4.69, 9.17) is 0 Å². The Morgan fingerprint density at radius 3 is 2.73 bits per heavy atom. The van der Waals surface area contributed by atoms with Crippen LogP contribution in [0.2, 0.25) is 0 Å². The fraction of sp³-hybridized carbons (Fsp3) is 0.222. The van der Waals surface area contributed by atoms with Crippen LogP contribution >= 0.6 is 0 Å². The van der Waals surface area contributed by atoms with Crippen molar-refractivity contribution in [1.82, 2.24) is 0 Å². The minimum absolute atomic E-state index is 1.18. The molecule has 0 saturated heterocycles. The van der Waals surface area contributed by atoms with Gasteiger partial charge in [-0.15, -0.1) is 0 Å². The average molecular weight is 147 g/mol. The van der Waals surface area contributed by atoms with Gasteiger partial charge in [0, 0.05) is 0 Å². The summed E-state index contributed by atoms with van der Waals surface area (Å²) in [5.74, 6) is 0. The molecule has 57 valence electrons. The number of aryl methyl sites for hydroxylation is 2. The van der Waals surface area contributed by atoms with Crippen LogP contribution in [-0.4, -0.2) is 0 Å². The zero-order valence-electron chi connectivity index (χ0n) is 6.73. The van der Waals surface area contributed by atoms with E-state index < -0.39 is 0 Å². The Morgan fingerprint density at radius 1 is 1.09 bits per heavy atom. The molecule has 1 aliphatic rings. The van der Waals surface area contributed by atoms with Gasteiger partial charge in [-0.3, -0.25) is 0 Å². The normalized spacial score (nSPS) is 13.6. The van der Waals surface area contributed by atoms with Crippen LogP contribution in [-0.2, 0) is 0 Å². The lowest BCUT2D eigenvalue weighted by Gasteiger charge is -2.03. The van der Waals surface area contributed by atoms with Gasteiger partial charge in [-0.2, -0.15) is 0 Å². The summed E-state index contributed by atoms with van der Waals surface area (Å²) in [7, 11) is 0. The Bertz CT molecular complexity index is 292. The molecule has 2 N–H and O–H groups in total. The molecule has 0 aromatic heterocycles. The van der Waals surface area contributed by atoms with Gasteiger partial charge < -0.3 is 10.6 Å². The molecule has 0 bridgehead atoms. The van der Waals surface area contributed by atoms with Crippen LogP contribution in [0.15, 0.2) is 12.1 Å². The Balaban J connectivity index is 2.60. The van der Waals surface area contributed by atoms with Crippen molar-refractivity contribution in [2.45, 2.75) is 13.8 Å². The summed E-state index contributed by atoms with van der Waals surface area (Å²) in [6, 6.07) is 4.31. The van der Waals surface area contributed by atoms with E-state index in [0.29, 0.717) is 0 Å². The first-order valence-electron chi connectivity index (χ1n) is 3.73. The first-order valence-corrected chi connectivity index (χ1v) is 3.73. The lowest BCUT2D eigenvalue weighted by Crippen LogP contribution is -1.90. The molecule has 0 fully saturated rings. The SMILES string of the molecule is Cc1cc(C)c2c(c1)N[CH]N2. The lowest BCUT2D eigenvalue weighted by atomic mass is 10.1. The van der Waals surface area contributed by atoms with Crippen LogP contribution in [0.3, 0.4) is 0 Å². The Hall–Kier alpha value is -1.18. The van der Waals surface area contributed by atoms with Gasteiger partial charge in [0.25, 0.3) is 0 Å². The van der Waals surface area contributed by atoms with Gasteiger partial charge in [-0.25, -0.2) is 0 Å². The largest absolute Gasteiger partial charge is 0.360 e. The molecule has 2 nitrogen and oxygen atoms in total. The molecular formula is C9H11N2. The maximum absolute atomic E-state index is 3.16. The Labute approximate surface area is 66.6 Å². The van der Waals surface area contributed by atoms with Gasteiger partial charge in [0.1, 0.15) is 6.67 Å². The topological polar surface area (TPSA) is 24.1 Å². The van der Waals surface area contributed by atoms with Gasteiger partial charge >= 0.3 is 0 Å². The highest BCUT2D eigenvalue weighted by atomic mass is 15.1. The first-order chi connectivity index (χ1) is 5.27. The minimum Gasteiger partial charge on any atom is -0.360 e. The van der Waals surface area contributed by atoms with Crippen molar-refractivity contribution in [2.75, 3.05) is 10.6 Å². The number of nitrogens with one attached hydrogen (secondary N) is 2. The molecule has 1 radical (unpaired) electrons. The van der Waals surface area contributed by atoms with E-state index in [9.17, 15) is 0 Å². The van der Waals surface area contributed by atoms with Crippen LogP contribution in [0.5, 0.6) is 0 Å². The van der Waals surface area contributed by atoms with Crippen LogP contribution in [0.1, 0.15) is 11.1 Å². The van der Waals surface area contributed by atoms with Gasteiger partial charge in [-0.05, 0) is 31.0 Å². The third-order valence-electron chi connectivity index (χ3n) is 1.92. The molecule has 2 heteroatoms. The number of benzene rings is 1. The minimum atomic E-state index is 1.18. The molecule has 0 spiro atoms. The summed E-state index contributed by atoms with van der Waals surface area (Å²) >= 11 is 0. The zero-order valence-corrected chi connectivity index (χ0v) is 6.73. The molecule has 1 aromatic carbocycles. The second kappa shape index (κ2) is 2.16. The molecule has 1 aliphatic heterocycles. The monoisotopic (exact) mass is 147 g/mol. The first kappa shape index (κ1) is 6.53. The van der Waals surface area contributed by atoms with Crippen molar-refractivity contribution >= 4 is 11.4 Å². The summed E-state index contributed by atoms with van der Waals surface area (Å²) in [5.41, 5.74) is 4.98. The average Bonchev–Trinajstić information content (AvgIpc) is 2.34. The highest BCUT2D eigenvalue weighted by Gasteiger charge is 2.11. The summed E-state index contributed by atoms with van der Waals surface area (Å²) in [6.45, 7) is 6.07. The molecule has 11 heavy (non-hydrogen) atoms. The number of rotatable bonds is 0. The molecule has 2 rings (SSSR count). The summed E-state index contributed by atoms with van der Waals surface area (Å²) in [6.07, 6.45) is 0.